The first kappa shape index (κ1) is 15.2. The second-order valence-electron chi connectivity index (χ2n) is 8.64. The highest BCUT2D eigenvalue weighted by atomic mass is 16.2. The summed E-state index contributed by atoms with van der Waals surface area (Å²) in [7, 11) is 0. The van der Waals surface area contributed by atoms with Crippen molar-refractivity contribution in [3.8, 4) is 0 Å². The third-order valence-electron chi connectivity index (χ3n) is 7.15. The van der Waals surface area contributed by atoms with Gasteiger partial charge < -0.3 is 11.1 Å². The SMILES string of the molecule is CC12CCC3(CC3)CC1C(N)=NN2C(=O)C1CCNc2ccccc21. The van der Waals surface area contributed by atoms with Crippen LogP contribution in [0.2, 0.25) is 0 Å². The van der Waals surface area contributed by atoms with E-state index in [0.717, 1.165) is 37.1 Å². The molecule has 0 bridgehead atoms. The van der Waals surface area contributed by atoms with Crippen molar-refractivity contribution in [3.63, 3.8) is 0 Å². The number of hydrogen-bond acceptors (Lipinski definition) is 4. The van der Waals surface area contributed by atoms with Crippen LogP contribution in [0.3, 0.4) is 0 Å². The van der Waals surface area contributed by atoms with E-state index in [1.165, 1.54) is 19.3 Å². The number of amidine groups is 1. The van der Waals surface area contributed by atoms with Crippen LogP contribution in [0, 0.1) is 11.3 Å². The Hall–Kier alpha value is -2.04. The standard InChI is InChI=1S/C20H26N4O/c1-19-7-8-20(9-10-20)12-15(19)17(21)23-24(19)18(25)14-6-11-22-16-5-3-2-4-13(14)16/h2-5,14-15,22H,6-12H2,1H3,(H2,21,23). The maximum Gasteiger partial charge on any atom is 0.250 e. The highest BCUT2D eigenvalue weighted by Gasteiger charge is 2.59. The van der Waals surface area contributed by atoms with Crippen LogP contribution in [-0.2, 0) is 4.79 Å². The maximum absolute atomic E-state index is 13.5. The van der Waals surface area contributed by atoms with Gasteiger partial charge in [0.25, 0.3) is 5.91 Å². The average molecular weight is 338 g/mol. The van der Waals surface area contributed by atoms with Gasteiger partial charge in [-0.3, -0.25) is 4.79 Å². The fraction of sp³-hybridized carbons (Fsp3) is 0.600. The monoisotopic (exact) mass is 338 g/mol. The van der Waals surface area contributed by atoms with E-state index in [1.807, 2.05) is 12.1 Å². The second kappa shape index (κ2) is 4.99. The van der Waals surface area contributed by atoms with Crippen LogP contribution in [0.1, 0.15) is 56.9 Å². The molecule has 0 saturated heterocycles. The van der Waals surface area contributed by atoms with E-state index in [1.54, 1.807) is 5.01 Å². The molecule has 5 heteroatoms. The summed E-state index contributed by atoms with van der Waals surface area (Å²) in [5.41, 5.74) is 8.75. The molecule has 132 valence electrons. The fourth-order valence-corrected chi connectivity index (χ4v) is 5.23. The lowest BCUT2D eigenvalue weighted by Crippen LogP contribution is -2.53. The van der Waals surface area contributed by atoms with Gasteiger partial charge in [-0.2, -0.15) is 5.10 Å². The maximum atomic E-state index is 13.5. The Labute approximate surface area is 148 Å². The van der Waals surface area contributed by atoms with E-state index in [-0.39, 0.29) is 23.3 Å². The van der Waals surface area contributed by atoms with Crippen LogP contribution >= 0.6 is 0 Å². The molecule has 2 heterocycles. The molecule has 3 unspecified atom stereocenters. The molecule has 5 rings (SSSR count). The molecule has 2 saturated carbocycles. The summed E-state index contributed by atoms with van der Waals surface area (Å²) in [4.78, 5) is 13.5. The minimum absolute atomic E-state index is 0.119. The first-order chi connectivity index (χ1) is 12.0. The van der Waals surface area contributed by atoms with Crippen molar-refractivity contribution >= 4 is 17.4 Å². The number of rotatable bonds is 1. The third-order valence-corrected chi connectivity index (χ3v) is 7.15. The summed E-state index contributed by atoms with van der Waals surface area (Å²) in [6.45, 7) is 3.02. The predicted octanol–water partition coefficient (Wildman–Crippen LogP) is 3.04. The average Bonchev–Trinajstić information content (AvgIpc) is 3.34. The van der Waals surface area contributed by atoms with Gasteiger partial charge >= 0.3 is 0 Å². The van der Waals surface area contributed by atoms with Gasteiger partial charge in [-0.1, -0.05) is 18.2 Å². The van der Waals surface area contributed by atoms with Gasteiger partial charge in [-0.25, -0.2) is 5.01 Å². The van der Waals surface area contributed by atoms with Gasteiger partial charge in [0.05, 0.1) is 11.5 Å². The van der Waals surface area contributed by atoms with E-state index in [0.29, 0.717) is 11.3 Å². The van der Waals surface area contributed by atoms with Gasteiger partial charge in [0, 0.05) is 18.2 Å². The summed E-state index contributed by atoms with van der Waals surface area (Å²) < 4.78 is 0. The number of benzene rings is 1. The van der Waals surface area contributed by atoms with Gasteiger partial charge in [-0.15, -0.1) is 0 Å². The molecule has 0 aromatic heterocycles. The molecule has 1 amide bonds. The van der Waals surface area contributed by atoms with E-state index in [9.17, 15) is 4.79 Å². The van der Waals surface area contributed by atoms with Crippen molar-refractivity contribution in [3.05, 3.63) is 29.8 Å². The summed E-state index contributed by atoms with van der Waals surface area (Å²) in [6.07, 6.45) is 6.78. The molecular weight excluding hydrogens is 312 g/mol. The first-order valence-corrected chi connectivity index (χ1v) is 9.53. The summed E-state index contributed by atoms with van der Waals surface area (Å²) in [5, 5.41) is 9.78. The van der Waals surface area contributed by atoms with Gasteiger partial charge in [0.1, 0.15) is 5.84 Å². The number of amides is 1. The highest BCUT2D eigenvalue weighted by Crippen LogP contribution is 2.61. The highest BCUT2D eigenvalue weighted by molar-refractivity contribution is 5.93. The van der Waals surface area contributed by atoms with Crippen molar-refractivity contribution in [1.29, 1.82) is 0 Å². The van der Waals surface area contributed by atoms with Crippen LogP contribution in [0.4, 0.5) is 5.69 Å². The zero-order chi connectivity index (χ0) is 17.2. The summed E-state index contributed by atoms with van der Waals surface area (Å²) in [5.74, 6) is 0.892. The smallest absolute Gasteiger partial charge is 0.250 e. The predicted molar refractivity (Wildman–Crippen MR) is 98.2 cm³/mol. The number of anilines is 1. The molecule has 4 aliphatic rings. The number of nitrogens with zero attached hydrogens (tertiary/aromatic N) is 2. The fourth-order valence-electron chi connectivity index (χ4n) is 5.23. The molecule has 25 heavy (non-hydrogen) atoms. The lowest BCUT2D eigenvalue weighted by Gasteiger charge is -2.44. The normalized spacial score (nSPS) is 34.8. The zero-order valence-electron chi connectivity index (χ0n) is 14.8. The zero-order valence-corrected chi connectivity index (χ0v) is 14.8. The second-order valence-corrected chi connectivity index (χ2v) is 8.64. The Kier molecular flexibility index (Phi) is 3.04. The van der Waals surface area contributed by atoms with E-state index in [4.69, 9.17) is 5.73 Å². The molecule has 1 aromatic carbocycles. The van der Waals surface area contributed by atoms with Crippen LogP contribution in [0.25, 0.3) is 0 Å². The molecule has 1 aromatic rings. The third kappa shape index (κ3) is 2.14. The molecule has 2 aliphatic heterocycles. The minimum Gasteiger partial charge on any atom is -0.385 e. The lowest BCUT2D eigenvalue weighted by atomic mass is 9.67. The number of hydrazone groups is 1. The minimum atomic E-state index is -0.241. The number of fused-ring (bicyclic) bond motifs is 2. The number of carbonyl (C=O) groups excluding carboxylic acids is 1. The first-order valence-electron chi connectivity index (χ1n) is 9.53. The molecule has 3 N–H and O–H groups in total. The lowest BCUT2D eigenvalue weighted by molar-refractivity contribution is -0.140. The Morgan fingerprint density at radius 1 is 1.28 bits per heavy atom. The van der Waals surface area contributed by atoms with Crippen molar-refractivity contribution in [2.24, 2.45) is 22.2 Å². The van der Waals surface area contributed by atoms with E-state index >= 15 is 0 Å². The Morgan fingerprint density at radius 2 is 2.04 bits per heavy atom. The van der Waals surface area contributed by atoms with Crippen molar-refractivity contribution in [1.82, 2.24) is 5.01 Å². The Bertz CT molecular complexity index is 769. The molecule has 5 nitrogen and oxygen atoms in total. The van der Waals surface area contributed by atoms with Crippen LogP contribution < -0.4 is 11.1 Å². The molecule has 0 radical (unpaired) electrons. The number of para-hydroxylation sites is 1. The van der Waals surface area contributed by atoms with Crippen LogP contribution in [0.15, 0.2) is 29.4 Å². The number of nitrogens with two attached hydrogens (primary N) is 1. The number of hydrogen-bond donors (Lipinski definition) is 2. The number of carbonyl (C=O) groups is 1. The van der Waals surface area contributed by atoms with E-state index in [2.05, 4.69) is 29.5 Å². The number of nitrogens with one attached hydrogen (secondary N) is 1. The molecule has 3 atom stereocenters. The van der Waals surface area contributed by atoms with Crippen LogP contribution in [0.5, 0.6) is 0 Å². The largest absolute Gasteiger partial charge is 0.385 e. The Balaban J connectivity index is 1.47. The Morgan fingerprint density at radius 3 is 2.84 bits per heavy atom. The van der Waals surface area contributed by atoms with Crippen molar-refractivity contribution in [2.45, 2.75) is 56.9 Å². The molecular formula is C20H26N4O. The molecule has 2 fully saturated rings. The summed E-state index contributed by atoms with van der Waals surface area (Å²) in [6, 6.07) is 8.14. The van der Waals surface area contributed by atoms with Crippen molar-refractivity contribution in [2.75, 3.05) is 11.9 Å². The van der Waals surface area contributed by atoms with Gasteiger partial charge in [0.2, 0.25) is 0 Å². The van der Waals surface area contributed by atoms with Gasteiger partial charge in [-0.05, 0) is 62.5 Å². The summed E-state index contributed by atoms with van der Waals surface area (Å²) >= 11 is 0. The topological polar surface area (TPSA) is 70.7 Å². The van der Waals surface area contributed by atoms with Gasteiger partial charge in [0.15, 0.2) is 0 Å². The van der Waals surface area contributed by atoms with Crippen LogP contribution in [-0.4, -0.2) is 28.8 Å². The van der Waals surface area contributed by atoms with Crippen molar-refractivity contribution < 1.29 is 4.79 Å². The quantitative estimate of drug-likeness (QED) is 0.827. The molecule has 2 aliphatic carbocycles. The van der Waals surface area contributed by atoms with E-state index < -0.39 is 0 Å². The molecule has 1 spiro atoms.